The third-order valence-electron chi connectivity index (χ3n) is 4.20. The summed E-state index contributed by atoms with van der Waals surface area (Å²) in [6.07, 6.45) is 4.75. The highest BCUT2D eigenvalue weighted by Gasteiger charge is 2.16. The highest BCUT2D eigenvalue weighted by atomic mass is 16.4. The van der Waals surface area contributed by atoms with Gasteiger partial charge in [-0.1, -0.05) is 6.92 Å². The smallest absolute Gasteiger partial charge is 0.314 e. The molecule has 0 aromatic carbocycles. The van der Waals surface area contributed by atoms with E-state index in [1.807, 2.05) is 0 Å². The first-order valence-electron chi connectivity index (χ1n) is 7.92. The summed E-state index contributed by atoms with van der Waals surface area (Å²) in [5.41, 5.74) is 0. The fraction of sp³-hybridized carbons (Fsp3) is 0.867. The molecule has 1 aliphatic heterocycles. The number of hydrogen-bond donors (Lipinski definition) is 3. The molecule has 6 nitrogen and oxygen atoms in total. The van der Waals surface area contributed by atoms with E-state index in [0.717, 1.165) is 25.4 Å². The van der Waals surface area contributed by atoms with E-state index in [1.54, 1.807) is 6.92 Å². The van der Waals surface area contributed by atoms with Crippen LogP contribution in [0, 0.1) is 11.8 Å². The van der Waals surface area contributed by atoms with Crippen molar-refractivity contribution in [2.24, 2.45) is 11.8 Å². The van der Waals surface area contributed by atoms with E-state index in [0.29, 0.717) is 25.9 Å². The van der Waals surface area contributed by atoms with Crippen LogP contribution < -0.4 is 10.6 Å². The molecule has 1 saturated heterocycles. The fourth-order valence-electron chi connectivity index (χ4n) is 2.54. The van der Waals surface area contributed by atoms with E-state index in [1.165, 1.54) is 12.8 Å². The van der Waals surface area contributed by atoms with Crippen molar-refractivity contribution in [2.75, 3.05) is 33.2 Å². The van der Waals surface area contributed by atoms with Crippen molar-refractivity contribution in [2.45, 2.75) is 39.0 Å². The molecule has 1 heterocycles. The van der Waals surface area contributed by atoms with Gasteiger partial charge in [0, 0.05) is 13.1 Å². The number of carboxylic acids is 1. The number of amides is 2. The van der Waals surface area contributed by atoms with Crippen molar-refractivity contribution >= 4 is 12.0 Å². The molecule has 0 spiro atoms. The zero-order valence-corrected chi connectivity index (χ0v) is 13.2. The molecule has 1 aliphatic rings. The van der Waals surface area contributed by atoms with Crippen LogP contribution in [0.2, 0.25) is 0 Å². The number of piperidine rings is 1. The van der Waals surface area contributed by atoms with Gasteiger partial charge in [-0.15, -0.1) is 0 Å². The molecule has 0 aromatic heterocycles. The monoisotopic (exact) mass is 299 g/mol. The third kappa shape index (κ3) is 7.90. The van der Waals surface area contributed by atoms with Crippen molar-refractivity contribution in [3.63, 3.8) is 0 Å². The minimum Gasteiger partial charge on any atom is -0.481 e. The van der Waals surface area contributed by atoms with Crippen LogP contribution in [0.15, 0.2) is 0 Å². The number of urea groups is 1. The van der Waals surface area contributed by atoms with Crippen LogP contribution in [0.25, 0.3) is 0 Å². The highest BCUT2D eigenvalue weighted by molar-refractivity contribution is 5.73. The van der Waals surface area contributed by atoms with Gasteiger partial charge >= 0.3 is 12.0 Å². The lowest BCUT2D eigenvalue weighted by molar-refractivity contribution is -0.141. The van der Waals surface area contributed by atoms with Gasteiger partial charge in [0.1, 0.15) is 0 Å². The number of nitrogens with zero attached hydrogens (tertiary/aromatic N) is 1. The average Bonchev–Trinajstić information content (AvgIpc) is 2.45. The summed E-state index contributed by atoms with van der Waals surface area (Å²) in [7, 11) is 2.15. The molecule has 0 aromatic rings. The summed E-state index contributed by atoms with van der Waals surface area (Å²) in [4.78, 5) is 24.5. The van der Waals surface area contributed by atoms with Gasteiger partial charge in [0.15, 0.2) is 0 Å². The molecule has 122 valence electrons. The fourth-order valence-corrected chi connectivity index (χ4v) is 2.54. The number of aliphatic carboxylic acids is 1. The first-order chi connectivity index (χ1) is 9.99. The molecule has 3 N–H and O–H groups in total. The van der Waals surface area contributed by atoms with Crippen molar-refractivity contribution in [1.29, 1.82) is 0 Å². The van der Waals surface area contributed by atoms with E-state index < -0.39 is 5.97 Å². The molecular weight excluding hydrogens is 270 g/mol. The van der Waals surface area contributed by atoms with Crippen LogP contribution in [0.5, 0.6) is 0 Å². The number of carbonyl (C=O) groups is 2. The summed E-state index contributed by atoms with van der Waals surface area (Å²) in [6.45, 7) is 5.23. The number of nitrogens with one attached hydrogen (secondary N) is 2. The van der Waals surface area contributed by atoms with E-state index >= 15 is 0 Å². The van der Waals surface area contributed by atoms with Gasteiger partial charge in [-0.05, 0) is 58.2 Å². The van der Waals surface area contributed by atoms with Crippen molar-refractivity contribution in [1.82, 2.24) is 15.5 Å². The number of hydrogen-bond acceptors (Lipinski definition) is 3. The maximum Gasteiger partial charge on any atom is 0.314 e. The number of carbonyl (C=O) groups excluding carboxylic acids is 1. The van der Waals surface area contributed by atoms with E-state index in [2.05, 4.69) is 22.6 Å². The summed E-state index contributed by atoms with van der Waals surface area (Å²) < 4.78 is 0. The predicted octanol–water partition coefficient (Wildman–Crippen LogP) is 1.52. The highest BCUT2D eigenvalue weighted by Crippen LogP contribution is 2.18. The zero-order valence-electron chi connectivity index (χ0n) is 13.2. The van der Waals surface area contributed by atoms with Crippen molar-refractivity contribution in [3.8, 4) is 0 Å². The predicted molar refractivity (Wildman–Crippen MR) is 82.3 cm³/mol. The molecular formula is C15H29N3O3. The van der Waals surface area contributed by atoms with Gasteiger partial charge in [0.05, 0.1) is 5.92 Å². The Balaban J connectivity index is 1.97. The first kappa shape index (κ1) is 17.8. The summed E-state index contributed by atoms with van der Waals surface area (Å²) in [5.74, 6) is -0.408. The summed E-state index contributed by atoms with van der Waals surface area (Å²) >= 11 is 0. The Hall–Kier alpha value is -1.30. The number of carboxylic acid groups (broad SMARTS) is 1. The average molecular weight is 299 g/mol. The number of likely N-dealkylation sites (tertiary alicyclic amines) is 1. The number of rotatable bonds is 8. The summed E-state index contributed by atoms with van der Waals surface area (Å²) in [5, 5.41) is 14.4. The molecule has 1 fully saturated rings. The lowest BCUT2D eigenvalue weighted by atomic mass is 9.94. The maximum atomic E-state index is 11.6. The second-order valence-electron chi connectivity index (χ2n) is 6.10. The van der Waals surface area contributed by atoms with E-state index in [9.17, 15) is 9.59 Å². The molecule has 21 heavy (non-hydrogen) atoms. The minimum absolute atomic E-state index is 0.147. The zero-order chi connectivity index (χ0) is 15.7. The Kier molecular flexibility index (Phi) is 8.12. The van der Waals surface area contributed by atoms with Crippen LogP contribution in [0.1, 0.15) is 39.0 Å². The first-order valence-corrected chi connectivity index (χ1v) is 7.92. The molecule has 1 atom stereocenters. The molecule has 0 bridgehead atoms. The van der Waals surface area contributed by atoms with E-state index in [-0.39, 0.29) is 11.9 Å². The molecule has 0 radical (unpaired) electrons. The molecule has 2 amide bonds. The second kappa shape index (κ2) is 9.60. The van der Waals surface area contributed by atoms with Crippen LogP contribution in [0.4, 0.5) is 4.79 Å². The largest absolute Gasteiger partial charge is 0.481 e. The molecule has 0 saturated carbocycles. The Morgan fingerprint density at radius 3 is 2.48 bits per heavy atom. The molecule has 6 heteroatoms. The van der Waals surface area contributed by atoms with Crippen LogP contribution in [-0.4, -0.2) is 55.2 Å². The second-order valence-corrected chi connectivity index (χ2v) is 6.10. The standard InChI is InChI=1S/C15H29N3O3/c1-12(14(19)20)4-3-8-16-15(21)17-9-5-13-6-10-18(2)11-7-13/h12-13H,3-11H2,1-2H3,(H,19,20)(H2,16,17,21). The Bertz CT molecular complexity index is 328. The SMILES string of the molecule is CC(CCCNC(=O)NCCC1CCN(C)CC1)C(=O)O. The molecule has 0 aliphatic carbocycles. The Morgan fingerprint density at radius 1 is 1.24 bits per heavy atom. The molecule has 1 unspecified atom stereocenters. The van der Waals surface area contributed by atoms with E-state index in [4.69, 9.17) is 5.11 Å². The molecule has 1 rings (SSSR count). The van der Waals surface area contributed by atoms with Gasteiger partial charge in [0.2, 0.25) is 0 Å². The van der Waals surface area contributed by atoms with Crippen LogP contribution >= 0.6 is 0 Å². The van der Waals surface area contributed by atoms with Gasteiger partial charge in [0.25, 0.3) is 0 Å². The van der Waals surface area contributed by atoms with Crippen molar-refractivity contribution in [3.05, 3.63) is 0 Å². The van der Waals surface area contributed by atoms with Crippen molar-refractivity contribution < 1.29 is 14.7 Å². The van der Waals surface area contributed by atoms with Gasteiger partial charge < -0.3 is 20.6 Å². The minimum atomic E-state index is -0.780. The normalized spacial score (nSPS) is 18.2. The third-order valence-corrected chi connectivity index (χ3v) is 4.20. The van der Waals surface area contributed by atoms with Crippen LogP contribution in [0.3, 0.4) is 0 Å². The Morgan fingerprint density at radius 2 is 1.86 bits per heavy atom. The van der Waals surface area contributed by atoms with Gasteiger partial charge in [-0.25, -0.2) is 4.79 Å². The summed E-state index contributed by atoms with van der Waals surface area (Å²) in [6, 6.07) is -0.147. The lowest BCUT2D eigenvalue weighted by Gasteiger charge is -2.28. The maximum absolute atomic E-state index is 11.6. The lowest BCUT2D eigenvalue weighted by Crippen LogP contribution is -2.38. The van der Waals surface area contributed by atoms with Gasteiger partial charge in [-0.2, -0.15) is 0 Å². The Labute approximate surface area is 127 Å². The quantitative estimate of drug-likeness (QED) is 0.594. The van der Waals surface area contributed by atoms with Gasteiger partial charge in [-0.3, -0.25) is 4.79 Å². The van der Waals surface area contributed by atoms with Crippen LogP contribution in [-0.2, 0) is 4.79 Å². The topological polar surface area (TPSA) is 81.7 Å².